The fourth-order valence-corrected chi connectivity index (χ4v) is 2.40. The monoisotopic (exact) mass is 337 g/mol. The summed E-state index contributed by atoms with van der Waals surface area (Å²) >= 11 is 0. The van der Waals surface area contributed by atoms with E-state index < -0.39 is 11.9 Å². The summed E-state index contributed by atoms with van der Waals surface area (Å²) in [6, 6.07) is 8.44. The van der Waals surface area contributed by atoms with E-state index in [1.165, 1.54) is 11.1 Å². The lowest BCUT2D eigenvalue weighted by Crippen LogP contribution is -2.27. The van der Waals surface area contributed by atoms with Crippen LogP contribution in [0.15, 0.2) is 24.3 Å². The zero-order chi connectivity index (χ0) is 18.3. The molecule has 2 rings (SSSR count). The van der Waals surface area contributed by atoms with Crippen molar-refractivity contribution >= 4 is 17.9 Å². The molecule has 1 fully saturated rings. The predicted molar refractivity (Wildman–Crippen MR) is 86.5 cm³/mol. The molecule has 1 aromatic rings. The first-order chi connectivity index (χ1) is 11.2. The number of carbonyl (C=O) groups excluding carboxylic acids is 1. The molecule has 0 aromatic heterocycles. The molecule has 0 spiro atoms. The SMILES string of the molecule is Cc1ccc(C2NCC[C@@H]2C(=O)OC(C)C)cc1.O=C(O)C(=O)O. The smallest absolute Gasteiger partial charge is 0.414 e. The van der Waals surface area contributed by atoms with E-state index in [9.17, 15) is 4.79 Å². The van der Waals surface area contributed by atoms with Crippen LogP contribution in [0, 0.1) is 12.8 Å². The highest BCUT2D eigenvalue weighted by Gasteiger charge is 2.35. The first kappa shape index (κ1) is 19.6. The number of aliphatic carboxylic acids is 2. The lowest BCUT2D eigenvalue weighted by atomic mass is 9.94. The molecule has 0 saturated carbocycles. The minimum absolute atomic E-state index is 0.0447. The van der Waals surface area contributed by atoms with Gasteiger partial charge < -0.3 is 20.3 Å². The Balaban J connectivity index is 0.000000413. The van der Waals surface area contributed by atoms with Crippen molar-refractivity contribution in [1.82, 2.24) is 5.32 Å². The zero-order valence-electron chi connectivity index (χ0n) is 14.0. The Morgan fingerprint density at radius 1 is 1.12 bits per heavy atom. The van der Waals surface area contributed by atoms with Crippen LogP contribution >= 0.6 is 0 Å². The van der Waals surface area contributed by atoms with Gasteiger partial charge in [0, 0.05) is 6.04 Å². The molecule has 24 heavy (non-hydrogen) atoms. The minimum atomic E-state index is -1.82. The third kappa shape index (κ3) is 6.00. The molecule has 132 valence electrons. The second-order valence-corrected chi connectivity index (χ2v) is 5.83. The van der Waals surface area contributed by atoms with Gasteiger partial charge in [-0.2, -0.15) is 0 Å². The van der Waals surface area contributed by atoms with Crippen molar-refractivity contribution in [3.63, 3.8) is 0 Å². The van der Waals surface area contributed by atoms with Gasteiger partial charge in [-0.25, -0.2) is 9.59 Å². The van der Waals surface area contributed by atoms with E-state index in [1.807, 2.05) is 13.8 Å². The summed E-state index contributed by atoms with van der Waals surface area (Å²) in [6.45, 7) is 6.72. The molecular weight excluding hydrogens is 314 g/mol. The maximum Gasteiger partial charge on any atom is 0.414 e. The second kappa shape index (κ2) is 9.02. The summed E-state index contributed by atoms with van der Waals surface area (Å²) in [6.07, 6.45) is 0.807. The summed E-state index contributed by atoms with van der Waals surface area (Å²) in [5, 5.41) is 18.2. The van der Waals surface area contributed by atoms with Gasteiger partial charge >= 0.3 is 17.9 Å². The molecule has 0 radical (unpaired) electrons. The minimum Gasteiger partial charge on any atom is -0.473 e. The third-order valence-electron chi connectivity index (χ3n) is 3.50. The molecule has 1 aliphatic rings. The number of carboxylic acid groups (broad SMARTS) is 2. The van der Waals surface area contributed by atoms with Crippen LogP contribution in [-0.2, 0) is 19.1 Å². The van der Waals surface area contributed by atoms with Crippen LogP contribution in [0.2, 0.25) is 0 Å². The van der Waals surface area contributed by atoms with Crippen LogP contribution < -0.4 is 5.32 Å². The van der Waals surface area contributed by atoms with Crippen LogP contribution in [0.4, 0.5) is 0 Å². The maximum atomic E-state index is 12.0. The van der Waals surface area contributed by atoms with Crippen molar-refractivity contribution in [1.29, 1.82) is 0 Å². The molecule has 7 heteroatoms. The fourth-order valence-electron chi connectivity index (χ4n) is 2.40. The van der Waals surface area contributed by atoms with E-state index in [4.69, 9.17) is 24.5 Å². The number of esters is 1. The highest BCUT2D eigenvalue weighted by Crippen LogP contribution is 2.30. The molecule has 1 aliphatic heterocycles. The number of nitrogens with one attached hydrogen (secondary N) is 1. The zero-order valence-corrected chi connectivity index (χ0v) is 14.0. The Morgan fingerprint density at radius 3 is 2.12 bits per heavy atom. The number of hydrogen-bond donors (Lipinski definition) is 3. The van der Waals surface area contributed by atoms with Crippen molar-refractivity contribution < 1.29 is 29.3 Å². The normalized spacial score (nSPS) is 19.3. The van der Waals surface area contributed by atoms with Gasteiger partial charge in [0.25, 0.3) is 0 Å². The van der Waals surface area contributed by atoms with Crippen molar-refractivity contribution in [2.24, 2.45) is 5.92 Å². The number of hydrogen-bond acceptors (Lipinski definition) is 5. The second-order valence-electron chi connectivity index (χ2n) is 5.83. The average molecular weight is 337 g/mol. The van der Waals surface area contributed by atoms with Crippen LogP contribution in [0.3, 0.4) is 0 Å². The van der Waals surface area contributed by atoms with Crippen LogP contribution in [-0.4, -0.2) is 40.8 Å². The van der Waals surface area contributed by atoms with E-state index in [0.717, 1.165) is 13.0 Å². The van der Waals surface area contributed by atoms with Gasteiger partial charge in [0.2, 0.25) is 0 Å². The van der Waals surface area contributed by atoms with Crippen molar-refractivity contribution in [2.75, 3.05) is 6.54 Å². The van der Waals surface area contributed by atoms with Gasteiger partial charge in [0.05, 0.1) is 12.0 Å². The maximum absolute atomic E-state index is 12.0. The van der Waals surface area contributed by atoms with E-state index in [0.29, 0.717) is 0 Å². The molecule has 1 heterocycles. The molecular formula is C17H23NO6. The van der Waals surface area contributed by atoms with Crippen LogP contribution in [0.5, 0.6) is 0 Å². The molecule has 2 atom stereocenters. The molecule has 1 saturated heterocycles. The Hall–Kier alpha value is -2.41. The Morgan fingerprint density at radius 2 is 1.67 bits per heavy atom. The number of benzene rings is 1. The lowest BCUT2D eigenvalue weighted by molar-refractivity contribution is -0.159. The number of carbonyl (C=O) groups is 3. The lowest BCUT2D eigenvalue weighted by Gasteiger charge is -2.20. The van der Waals surface area contributed by atoms with Crippen molar-refractivity contribution in [2.45, 2.75) is 39.3 Å². The molecule has 0 aliphatic carbocycles. The topological polar surface area (TPSA) is 113 Å². The number of ether oxygens (including phenoxy) is 1. The molecule has 1 aromatic carbocycles. The van der Waals surface area contributed by atoms with Gasteiger partial charge in [-0.05, 0) is 39.3 Å². The summed E-state index contributed by atoms with van der Waals surface area (Å²) in [5.74, 6) is -3.79. The van der Waals surface area contributed by atoms with Crippen molar-refractivity contribution in [3.05, 3.63) is 35.4 Å². The van der Waals surface area contributed by atoms with E-state index in [-0.39, 0.29) is 24.0 Å². The Bertz CT molecular complexity index is 569. The van der Waals surface area contributed by atoms with Crippen LogP contribution in [0.25, 0.3) is 0 Å². The van der Waals surface area contributed by atoms with E-state index >= 15 is 0 Å². The van der Waals surface area contributed by atoms with Gasteiger partial charge in [-0.3, -0.25) is 4.79 Å². The van der Waals surface area contributed by atoms with Gasteiger partial charge in [-0.1, -0.05) is 29.8 Å². The number of rotatable bonds is 3. The fraction of sp³-hybridized carbons (Fsp3) is 0.471. The van der Waals surface area contributed by atoms with Crippen LogP contribution in [0.1, 0.15) is 37.4 Å². The standard InChI is InChI=1S/C15H21NO2.C2H2O4/c1-10(2)18-15(17)13-8-9-16-14(13)12-6-4-11(3)5-7-12;3-1(4)2(5)6/h4-7,10,13-14,16H,8-9H2,1-3H3;(H,3,4)(H,5,6)/t13-,14?;/m0./s1. The van der Waals surface area contributed by atoms with E-state index in [1.54, 1.807) is 0 Å². The van der Waals surface area contributed by atoms with Gasteiger partial charge in [-0.15, -0.1) is 0 Å². The van der Waals surface area contributed by atoms with Gasteiger partial charge in [0.15, 0.2) is 0 Å². The third-order valence-corrected chi connectivity index (χ3v) is 3.50. The predicted octanol–water partition coefficient (Wildman–Crippen LogP) is 1.75. The highest BCUT2D eigenvalue weighted by molar-refractivity contribution is 6.27. The summed E-state index contributed by atoms with van der Waals surface area (Å²) in [5.41, 5.74) is 2.40. The summed E-state index contributed by atoms with van der Waals surface area (Å²) in [4.78, 5) is 30.2. The molecule has 0 amide bonds. The highest BCUT2D eigenvalue weighted by atomic mass is 16.5. The summed E-state index contributed by atoms with van der Waals surface area (Å²) < 4.78 is 5.33. The first-order valence-corrected chi connectivity index (χ1v) is 7.69. The molecule has 0 bridgehead atoms. The molecule has 3 N–H and O–H groups in total. The van der Waals surface area contributed by atoms with Crippen molar-refractivity contribution in [3.8, 4) is 0 Å². The summed E-state index contributed by atoms with van der Waals surface area (Å²) in [7, 11) is 0. The first-order valence-electron chi connectivity index (χ1n) is 7.69. The Kier molecular flexibility index (Phi) is 7.38. The quantitative estimate of drug-likeness (QED) is 0.569. The van der Waals surface area contributed by atoms with E-state index in [2.05, 4.69) is 36.5 Å². The number of aryl methyl sites for hydroxylation is 1. The Labute approximate surface area is 140 Å². The molecule has 1 unspecified atom stereocenters. The molecule has 7 nitrogen and oxygen atoms in total. The number of carboxylic acids is 2. The largest absolute Gasteiger partial charge is 0.473 e. The van der Waals surface area contributed by atoms with Gasteiger partial charge in [0.1, 0.15) is 0 Å². The average Bonchev–Trinajstić information content (AvgIpc) is 2.97.